The number of aryl methyl sites for hydroxylation is 1. The molecule has 0 aliphatic rings. The molecule has 1 atom stereocenters. The monoisotopic (exact) mass is 210 g/mol. The fraction of sp³-hybridized carbons (Fsp3) is 0.727. The van der Waals surface area contributed by atoms with Crippen molar-refractivity contribution in [2.75, 3.05) is 18.4 Å². The van der Waals surface area contributed by atoms with E-state index in [0.29, 0.717) is 11.8 Å². The molecule has 1 unspecified atom stereocenters. The fourth-order valence-corrected chi connectivity index (χ4v) is 1.69. The second-order valence-corrected chi connectivity index (χ2v) is 4.49. The molecular weight excluding hydrogens is 188 g/mol. The minimum absolute atomic E-state index is 0.534. The fourth-order valence-electron chi connectivity index (χ4n) is 1.69. The maximum atomic E-state index is 5.72. The number of anilines is 1. The summed E-state index contributed by atoms with van der Waals surface area (Å²) in [7, 11) is 1.92. The molecule has 1 heterocycles. The molecule has 0 saturated carbocycles. The average molecular weight is 210 g/mol. The van der Waals surface area contributed by atoms with Gasteiger partial charge in [-0.3, -0.25) is 4.68 Å². The predicted molar refractivity (Wildman–Crippen MR) is 63.7 cm³/mol. The number of aromatic nitrogens is 2. The Bertz CT molecular complexity index is 280. The molecule has 3 N–H and O–H groups in total. The van der Waals surface area contributed by atoms with Gasteiger partial charge in [0.15, 0.2) is 0 Å². The van der Waals surface area contributed by atoms with E-state index in [9.17, 15) is 0 Å². The highest BCUT2D eigenvalue weighted by atomic mass is 15.3. The maximum Gasteiger partial charge on any atom is 0.147 e. The van der Waals surface area contributed by atoms with Crippen molar-refractivity contribution in [1.82, 2.24) is 9.78 Å². The van der Waals surface area contributed by atoms with Crippen molar-refractivity contribution in [3.05, 3.63) is 12.3 Å². The quantitative estimate of drug-likeness (QED) is 0.747. The normalized spacial score (nSPS) is 13.1. The van der Waals surface area contributed by atoms with Gasteiger partial charge in [0.2, 0.25) is 0 Å². The highest BCUT2D eigenvalue weighted by Crippen LogP contribution is 2.11. The zero-order chi connectivity index (χ0) is 11.3. The van der Waals surface area contributed by atoms with Gasteiger partial charge in [0.25, 0.3) is 0 Å². The number of hydrogen-bond donors (Lipinski definition) is 2. The summed E-state index contributed by atoms with van der Waals surface area (Å²) in [6, 6.07) is 1.98. The zero-order valence-electron chi connectivity index (χ0n) is 9.90. The Labute approximate surface area is 91.8 Å². The van der Waals surface area contributed by atoms with E-state index >= 15 is 0 Å². The zero-order valence-corrected chi connectivity index (χ0v) is 9.90. The minimum Gasteiger partial charge on any atom is -0.368 e. The molecular formula is C11H22N4. The third kappa shape index (κ3) is 4.34. The van der Waals surface area contributed by atoms with Crippen LogP contribution in [-0.2, 0) is 7.05 Å². The van der Waals surface area contributed by atoms with Crippen molar-refractivity contribution in [2.24, 2.45) is 24.6 Å². The van der Waals surface area contributed by atoms with Gasteiger partial charge in [-0.05, 0) is 24.8 Å². The van der Waals surface area contributed by atoms with E-state index in [2.05, 4.69) is 24.3 Å². The molecule has 4 nitrogen and oxygen atoms in total. The molecule has 1 rings (SSSR count). The van der Waals surface area contributed by atoms with E-state index in [0.717, 1.165) is 25.3 Å². The van der Waals surface area contributed by atoms with Gasteiger partial charge in [-0.15, -0.1) is 0 Å². The third-order valence-electron chi connectivity index (χ3n) is 2.42. The van der Waals surface area contributed by atoms with E-state index in [1.165, 1.54) is 0 Å². The molecule has 1 aromatic rings. The van der Waals surface area contributed by atoms with Crippen LogP contribution in [0, 0.1) is 11.8 Å². The first kappa shape index (κ1) is 12.0. The Kier molecular flexibility index (Phi) is 4.62. The largest absolute Gasteiger partial charge is 0.368 e. The smallest absolute Gasteiger partial charge is 0.147 e. The number of hydrogen-bond acceptors (Lipinski definition) is 3. The lowest BCUT2D eigenvalue weighted by molar-refractivity contribution is 0.433. The molecule has 0 aromatic carbocycles. The Morgan fingerprint density at radius 3 is 2.73 bits per heavy atom. The van der Waals surface area contributed by atoms with Crippen LogP contribution in [0.2, 0.25) is 0 Å². The summed E-state index contributed by atoms with van der Waals surface area (Å²) in [6.45, 7) is 6.09. The topological polar surface area (TPSA) is 55.9 Å². The van der Waals surface area contributed by atoms with E-state index < -0.39 is 0 Å². The van der Waals surface area contributed by atoms with Crippen LogP contribution in [0.4, 0.5) is 5.82 Å². The van der Waals surface area contributed by atoms with Crippen LogP contribution in [0.1, 0.15) is 20.3 Å². The van der Waals surface area contributed by atoms with Crippen LogP contribution in [0.15, 0.2) is 12.3 Å². The second-order valence-electron chi connectivity index (χ2n) is 4.49. The first-order chi connectivity index (χ1) is 7.11. The lowest BCUT2D eigenvalue weighted by Gasteiger charge is -2.17. The maximum absolute atomic E-state index is 5.72. The Morgan fingerprint density at radius 1 is 1.53 bits per heavy atom. The van der Waals surface area contributed by atoms with Crippen molar-refractivity contribution < 1.29 is 0 Å². The SMILES string of the molecule is CC(C)CC(CN)CNc1ccn(C)n1. The molecule has 0 fully saturated rings. The first-order valence-electron chi connectivity index (χ1n) is 5.55. The average Bonchev–Trinajstić information content (AvgIpc) is 2.58. The van der Waals surface area contributed by atoms with E-state index in [-0.39, 0.29) is 0 Å². The predicted octanol–water partition coefficient (Wildman–Crippen LogP) is 1.45. The highest BCUT2D eigenvalue weighted by molar-refractivity contribution is 5.31. The number of nitrogens with two attached hydrogens (primary N) is 1. The van der Waals surface area contributed by atoms with Crippen molar-refractivity contribution >= 4 is 5.82 Å². The van der Waals surface area contributed by atoms with Crippen molar-refractivity contribution in [3.8, 4) is 0 Å². The van der Waals surface area contributed by atoms with Gasteiger partial charge in [0, 0.05) is 25.9 Å². The van der Waals surface area contributed by atoms with E-state index in [1.807, 2.05) is 19.3 Å². The molecule has 0 spiro atoms. The van der Waals surface area contributed by atoms with Crippen molar-refractivity contribution in [2.45, 2.75) is 20.3 Å². The van der Waals surface area contributed by atoms with Gasteiger partial charge >= 0.3 is 0 Å². The van der Waals surface area contributed by atoms with Crippen molar-refractivity contribution in [3.63, 3.8) is 0 Å². The van der Waals surface area contributed by atoms with Gasteiger partial charge in [0.1, 0.15) is 5.82 Å². The van der Waals surface area contributed by atoms with Gasteiger partial charge in [-0.2, -0.15) is 5.10 Å². The molecule has 1 aromatic heterocycles. The molecule has 0 aliphatic carbocycles. The Morgan fingerprint density at radius 2 is 2.27 bits per heavy atom. The van der Waals surface area contributed by atoms with Crippen LogP contribution >= 0.6 is 0 Å². The van der Waals surface area contributed by atoms with Crippen LogP contribution in [-0.4, -0.2) is 22.9 Å². The van der Waals surface area contributed by atoms with Crippen LogP contribution in [0.5, 0.6) is 0 Å². The highest BCUT2D eigenvalue weighted by Gasteiger charge is 2.09. The standard InChI is InChI=1S/C11H22N4/c1-9(2)6-10(7-12)8-13-11-4-5-15(3)14-11/h4-5,9-10H,6-8,12H2,1-3H3,(H,13,14). The Balaban J connectivity index is 2.34. The summed E-state index contributed by atoms with van der Waals surface area (Å²) < 4.78 is 1.79. The van der Waals surface area contributed by atoms with Gasteiger partial charge in [-0.25, -0.2) is 0 Å². The van der Waals surface area contributed by atoms with E-state index in [4.69, 9.17) is 5.73 Å². The summed E-state index contributed by atoms with van der Waals surface area (Å²) in [5.74, 6) is 2.16. The number of rotatable bonds is 6. The molecule has 0 saturated heterocycles. The molecule has 0 radical (unpaired) electrons. The minimum atomic E-state index is 0.534. The summed E-state index contributed by atoms with van der Waals surface area (Å²) >= 11 is 0. The molecule has 0 bridgehead atoms. The number of nitrogens with zero attached hydrogens (tertiary/aromatic N) is 2. The summed E-state index contributed by atoms with van der Waals surface area (Å²) in [5, 5.41) is 7.57. The van der Waals surface area contributed by atoms with Crippen LogP contribution in [0.3, 0.4) is 0 Å². The molecule has 86 valence electrons. The molecule has 0 aliphatic heterocycles. The molecule has 4 heteroatoms. The first-order valence-corrected chi connectivity index (χ1v) is 5.55. The van der Waals surface area contributed by atoms with E-state index in [1.54, 1.807) is 4.68 Å². The van der Waals surface area contributed by atoms with Crippen LogP contribution < -0.4 is 11.1 Å². The van der Waals surface area contributed by atoms with Crippen molar-refractivity contribution in [1.29, 1.82) is 0 Å². The van der Waals surface area contributed by atoms with Crippen LogP contribution in [0.25, 0.3) is 0 Å². The second kappa shape index (κ2) is 5.75. The third-order valence-corrected chi connectivity index (χ3v) is 2.42. The lowest BCUT2D eigenvalue weighted by atomic mass is 9.97. The van der Waals surface area contributed by atoms with Gasteiger partial charge in [-0.1, -0.05) is 13.8 Å². The van der Waals surface area contributed by atoms with Gasteiger partial charge < -0.3 is 11.1 Å². The number of nitrogens with one attached hydrogen (secondary N) is 1. The van der Waals surface area contributed by atoms with Gasteiger partial charge in [0.05, 0.1) is 0 Å². The molecule has 0 amide bonds. The summed E-state index contributed by atoms with van der Waals surface area (Å²) in [4.78, 5) is 0. The Hall–Kier alpha value is -1.03. The lowest BCUT2D eigenvalue weighted by Crippen LogP contribution is -2.24. The molecule has 15 heavy (non-hydrogen) atoms. The summed E-state index contributed by atoms with van der Waals surface area (Å²) in [6.07, 6.45) is 3.10. The summed E-state index contributed by atoms with van der Waals surface area (Å²) in [5.41, 5.74) is 5.72.